The Bertz CT molecular complexity index is 489. The van der Waals surface area contributed by atoms with Gasteiger partial charge in [-0.1, -0.05) is 162 Å². The molecule has 37 heavy (non-hydrogen) atoms. The van der Waals surface area contributed by atoms with Gasteiger partial charge in [0.05, 0.1) is 0 Å². The molecule has 0 bridgehead atoms. The Morgan fingerprint density at radius 1 is 0.405 bits per heavy atom. The summed E-state index contributed by atoms with van der Waals surface area (Å²) in [6.07, 6.45) is 27.9. The topological polar surface area (TPSA) is 9.23 Å². The fourth-order valence-corrected chi connectivity index (χ4v) is 15.0. The van der Waals surface area contributed by atoms with Crippen molar-refractivity contribution in [2.24, 2.45) is 0 Å². The first-order valence-corrected chi connectivity index (χ1v) is 24.2. The highest BCUT2D eigenvalue weighted by Gasteiger charge is 2.49. The molecule has 224 valence electrons. The van der Waals surface area contributed by atoms with E-state index in [1.54, 1.807) is 0 Å². The van der Waals surface area contributed by atoms with Gasteiger partial charge in [0, 0.05) is 10.7 Å². The second kappa shape index (κ2) is 21.1. The smallest absolute Gasteiger partial charge is 0.179 e. The molecular formula is C32H68Br2OSi2. The van der Waals surface area contributed by atoms with E-state index in [0.29, 0.717) is 10.1 Å². The monoisotopic (exact) mass is 682 g/mol. The third-order valence-corrected chi connectivity index (χ3v) is 21.9. The van der Waals surface area contributed by atoms with Gasteiger partial charge in [-0.05, 0) is 61.9 Å². The summed E-state index contributed by atoms with van der Waals surface area (Å²) in [6.45, 7) is 20.1. The molecule has 0 aliphatic heterocycles. The fraction of sp³-hybridized carbons (Fsp3) is 1.00. The zero-order valence-electron chi connectivity index (χ0n) is 26.7. The minimum Gasteiger partial charge on any atom is -0.455 e. The lowest BCUT2D eigenvalue weighted by Crippen LogP contribution is -2.55. The lowest BCUT2D eigenvalue weighted by molar-refractivity contribution is 0.396. The van der Waals surface area contributed by atoms with Crippen molar-refractivity contribution in [3.05, 3.63) is 0 Å². The van der Waals surface area contributed by atoms with Crippen LogP contribution in [0.2, 0.25) is 36.3 Å². The first-order chi connectivity index (χ1) is 17.3. The molecule has 0 aromatic carbocycles. The van der Waals surface area contributed by atoms with Crippen LogP contribution in [0.25, 0.3) is 0 Å². The molecule has 5 heteroatoms. The maximum Gasteiger partial charge on any atom is 0.179 e. The van der Waals surface area contributed by atoms with E-state index in [0.717, 1.165) is 0 Å². The van der Waals surface area contributed by atoms with Crippen LogP contribution >= 0.6 is 31.9 Å². The van der Waals surface area contributed by atoms with E-state index in [1.807, 2.05) is 0 Å². The van der Waals surface area contributed by atoms with Crippen LogP contribution in [0.15, 0.2) is 0 Å². The van der Waals surface area contributed by atoms with E-state index in [1.165, 1.54) is 139 Å². The van der Waals surface area contributed by atoms with Gasteiger partial charge in [0.15, 0.2) is 16.6 Å². The molecule has 0 atom stereocenters. The molecule has 0 radical (unpaired) electrons. The summed E-state index contributed by atoms with van der Waals surface area (Å²) in [4.78, 5) is 0. The minimum atomic E-state index is -1.79. The second-order valence-corrected chi connectivity index (χ2v) is 25.3. The van der Waals surface area contributed by atoms with Crippen molar-refractivity contribution in [2.45, 2.75) is 192 Å². The molecule has 0 aromatic heterocycles. The molecule has 0 unspecified atom stereocenters. The average molecular weight is 685 g/mol. The first kappa shape index (κ1) is 38.4. The van der Waals surface area contributed by atoms with Gasteiger partial charge in [-0.15, -0.1) is 0 Å². The predicted octanol–water partition coefficient (Wildman–Crippen LogP) is 13.6. The highest BCUT2D eigenvalue weighted by Crippen LogP contribution is 2.49. The molecule has 0 aliphatic rings. The van der Waals surface area contributed by atoms with Gasteiger partial charge in [-0.2, -0.15) is 0 Å². The Morgan fingerprint density at radius 2 is 0.622 bits per heavy atom. The number of hydrogen-bond donors (Lipinski definition) is 0. The molecule has 0 saturated carbocycles. The zero-order valence-corrected chi connectivity index (χ0v) is 31.9. The van der Waals surface area contributed by atoms with Crippen LogP contribution in [0.1, 0.15) is 156 Å². The number of rotatable bonds is 26. The first-order valence-electron chi connectivity index (χ1n) is 16.1. The molecule has 0 aromatic rings. The molecule has 1 nitrogen and oxygen atoms in total. The molecular weight excluding hydrogens is 616 g/mol. The highest BCUT2D eigenvalue weighted by molar-refractivity contribution is 9.09. The zero-order chi connectivity index (χ0) is 28.3. The lowest BCUT2D eigenvalue weighted by atomic mass is 10.0. The van der Waals surface area contributed by atoms with Crippen LogP contribution in [0.5, 0.6) is 0 Å². The van der Waals surface area contributed by atoms with E-state index in [4.69, 9.17) is 4.12 Å². The van der Waals surface area contributed by atoms with Crippen LogP contribution < -0.4 is 0 Å². The van der Waals surface area contributed by atoms with E-state index >= 15 is 0 Å². The lowest BCUT2D eigenvalue weighted by Gasteiger charge is -2.49. The van der Waals surface area contributed by atoms with Crippen molar-refractivity contribution >= 4 is 48.5 Å². The van der Waals surface area contributed by atoms with E-state index in [-0.39, 0.29) is 0 Å². The fourth-order valence-electron chi connectivity index (χ4n) is 5.31. The van der Waals surface area contributed by atoms with E-state index in [9.17, 15) is 0 Å². The number of halogens is 2. The molecule has 0 spiro atoms. The maximum atomic E-state index is 7.31. The number of unbranched alkanes of at least 4 members (excludes halogenated alkanes) is 16. The summed E-state index contributed by atoms with van der Waals surface area (Å²) in [5.74, 6) is 0. The predicted molar refractivity (Wildman–Crippen MR) is 184 cm³/mol. The Kier molecular flexibility index (Phi) is 21.9. The largest absolute Gasteiger partial charge is 0.455 e. The standard InChI is InChI=1S/C32H68Br2OSi2/c1-31(2,27-23-19-15-11-9-13-17-21-25-29-33)36(5,6)35-37(7,8)32(3,4)28-24-20-16-12-10-14-18-22-26-30-34/h9-30H2,1-8H3. The summed E-state index contributed by atoms with van der Waals surface area (Å²) < 4.78 is 7.31. The second-order valence-electron chi connectivity index (χ2n) is 14.1. The van der Waals surface area contributed by atoms with Gasteiger partial charge in [-0.25, -0.2) is 0 Å². The van der Waals surface area contributed by atoms with Crippen LogP contribution in [-0.4, -0.2) is 27.3 Å². The van der Waals surface area contributed by atoms with Gasteiger partial charge in [0.25, 0.3) is 0 Å². The van der Waals surface area contributed by atoms with Gasteiger partial charge in [0.1, 0.15) is 0 Å². The van der Waals surface area contributed by atoms with Crippen LogP contribution in [0.3, 0.4) is 0 Å². The molecule has 0 saturated heterocycles. The number of alkyl halides is 2. The van der Waals surface area contributed by atoms with Crippen LogP contribution in [-0.2, 0) is 4.12 Å². The Balaban J connectivity index is 4.31. The molecule has 0 aliphatic carbocycles. The normalized spacial score (nSPS) is 13.5. The van der Waals surface area contributed by atoms with Crippen molar-refractivity contribution in [1.29, 1.82) is 0 Å². The molecule has 0 rings (SSSR count). The maximum absolute atomic E-state index is 7.31. The summed E-state index contributed by atoms with van der Waals surface area (Å²) >= 11 is 7.07. The third-order valence-electron chi connectivity index (χ3n) is 9.64. The quantitative estimate of drug-likeness (QED) is 0.0501. The van der Waals surface area contributed by atoms with Gasteiger partial charge >= 0.3 is 0 Å². The molecule has 0 N–H and O–H groups in total. The minimum absolute atomic E-state index is 0.345. The third kappa shape index (κ3) is 17.7. The van der Waals surface area contributed by atoms with Crippen LogP contribution in [0.4, 0.5) is 0 Å². The van der Waals surface area contributed by atoms with Gasteiger partial charge in [-0.3, -0.25) is 0 Å². The summed E-state index contributed by atoms with van der Waals surface area (Å²) in [6, 6.07) is 0. The molecule has 0 amide bonds. The molecule has 0 heterocycles. The molecule has 0 fully saturated rings. The summed E-state index contributed by atoms with van der Waals surface area (Å²) in [5.41, 5.74) is 0. The van der Waals surface area contributed by atoms with Gasteiger partial charge in [0.2, 0.25) is 0 Å². The van der Waals surface area contributed by atoms with Crippen molar-refractivity contribution in [1.82, 2.24) is 0 Å². The van der Waals surface area contributed by atoms with E-state index < -0.39 is 16.6 Å². The Labute approximate surface area is 254 Å². The highest BCUT2D eigenvalue weighted by atomic mass is 79.9. The average Bonchev–Trinajstić information content (AvgIpc) is 2.80. The number of hydrogen-bond acceptors (Lipinski definition) is 1. The van der Waals surface area contributed by atoms with E-state index in [2.05, 4.69) is 85.7 Å². The van der Waals surface area contributed by atoms with Crippen molar-refractivity contribution < 1.29 is 4.12 Å². The van der Waals surface area contributed by atoms with Crippen molar-refractivity contribution in [3.8, 4) is 0 Å². The van der Waals surface area contributed by atoms with Crippen molar-refractivity contribution in [3.63, 3.8) is 0 Å². The van der Waals surface area contributed by atoms with Crippen molar-refractivity contribution in [2.75, 3.05) is 10.7 Å². The summed E-state index contributed by atoms with van der Waals surface area (Å²) in [7, 11) is -3.59. The SMILES string of the molecule is CC(C)(CCCCCCCCCCCBr)[Si](C)(C)O[Si](C)(C)C(C)(C)CCCCCCCCCCCBr. The Hall–Kier alpha value is 1.35. The summed E-state index contributed by atoms with van der Waals surface area (Å²) in [5, 5.41) is 3.03. The van der Waals surface area contributed by atoms with Crippen LogP contribution in [0, 0.1) is 0 Å². The van der Waals surface area contributed by atoms with Gasteiger partial charge < -0.3 is 4.12 Å². The Morgan fingerprint density at radius 3 is 0.865 bits per heavy atom.